The highest BCUT2D eigenvalue weighted by Gasteiger charge is 2.18. The Hall–Kier alpha value is -3.45. The topological polar surface area (TPSA) is 65.8 Å². The van der Waals surface area contributed by atoms with Crippen LogP contribution in [-0.4, -0.2) is 58.4 Å². The van der Waals surface area contributed by atoms with Gasteiger partial charge in [-0.15, -0.1) is 0 Å². The van der Waals surface area contributed by atoms with E-state index in [1.54, 1.807) is 18.6 Å². The highest BCUT2D eigenvalue weighted by molar-refractivity contribution is 6.10. The van der Waals surface area contributed by atoms with Crippen LogP contribution in [0.1, 0.15) is 10.5 Å². The zero-order valence-corrected chi connectivity index (χ0v) is 16.2. The first-order chi connectivity index (χ1) is 14.2. The summed E-state index contributed by atoms with van der Waals surface area (Å²) in [5.41, 5.74) is 3.24. The van der Waals surface area contributed by atoms with Crippen molar-refractivity contribution in [2.24, 2.45) is 0 Å². The number of aromatic nitrogens is 3. The van der Waals surface area contributed by atoms with Crippen molar-refractivity contribution in [2.75, 3.05) is 43.4 Å². The van der Waals surface area contributed by atoms with Crippen molar-refractivity contribution >= 4 is 33.6 Å². The lowest BCUT2D eigenvalue weighted by Crippen LogP contribution is -2.44. The van der Waals surface area contributed by atoms with Gasteiger partial charge in [0.05, 0.1) is 12.0 Å². The maximum absolute atomic E-state index is 12.8. The third kappa shape index (κ3) is 3.30. The molecule has 0 unspecified atom stereocenters. The summed E-state index contributed by atoms with van der Waals surface area (Å²) in [7, 11) is 2.15. The van der Waals surface area contributed by atoms with Crippen molar-refractivity contribution in [3.05, 3.63) is 67.0 Å². The van der Waals surface area contributed by atoms with Crippen molar-refractivity contribution in [3.63, 3.8) is 0 Å². The minimum absolute atomic E-state index is 0.230. The Morgan fingerprint density at radius 2 is 1.93 bits per heavy atom. The summed E-state index contributed by atoms with van der Waals surface area (Å²) in [6.07, 6.45) is 7.17. The number of benzene rings is 1. The highest BCUT2D eigenvalue weighted by atomic mass is 16.1. The number of carbonyl (C=O) groups excluding carboxylic acids is 1. The number of amides is 1. The maximum atomic E-state index is 12.8. The first-order valence-electron chi connectivity index (χ1n) is 9.73. The van der Waals surface area contributed by atoms with Crippen LogP contribution < -0.4 is 10.2 Å². The Morgan fingerprint density at radius 3 is 2.79 bits per heavy atom. The van der Waals surface area contributed by atoms with Crippen LogP contribution in [0.2, 0.25) is 0 Å². The lowest BCUT2D eigenvalue weighted by molar-refractivity contribution is 0.102. The highest BCUT2D eigenvalue weighted by Crippen LogP contribution is 2.32. The molecule has 1 aliphatic heterocycles. The zero-order chi connectivity index (χ0) is 19.8. The molecule has 7 heteroatoms. The number of nitrogens with zero attached hydrogens (tertiary/aromatic N) is 5. The van der Waals surface area contributed by atoms with Crippen molar-refractivity contribution in [1.82, 2.24) is 19.3 Å². The van der Waals surface area contributed by atoms with Crippen LogP contribution in [0.4, 0.5) is 11.4 Å². The number of anilines is 2. The molecule has 0 spiro atoms. The fourth-order valence-electron chi connectivity index (χ4n) is 3.85. The van der Waals surface area contributed by atoms with Gasteiger partial charge in [0, 0.05) is 66.7 Å². The summed E-state index contributed by atoms with van der Waals surface area (Å²) in [5.74, 6) is -0.230. The number of hydrogen-bond donors (Lipinski definition) is 1. The van der Waals surface area contributed by atoms with Crippen LogP contribution in [0, 0.1) is 0 Å². The van der Waals surface area contributed by atoms with Crippen LogP contribution in [0.5, 0.6) is 0 Å². The second-order valence-corrected chi connectivity index (χ2v) is 7.41. The van der Waals surface area contributed by atoms with E-state index in [4.69, 9.17) is 0 Å². The molecule has 0 radical (unpaired) electrons. The van der Waals surface area contributed by atoms with Crippen LogP contribution >= 0.6 is 0 Å². The molecule has 1 saturated heterocycles. The molecule has 4 heterocycles. The van der Waals surface area contributed by atoms with Gasteiger partial charge in [0.15, 0.2) is 0 Å². The monoisotopic (exact) mass is 386 g/mol. The molecular formula is C22H22N6O. The van der Waals surface area contributed by atoms with Gasteiger partial charge < -0.3 is 19.5 Å². The van der Waals surface area contributed by atoms with E-state index in [-0.39, 0.29) is 5.91 Å². The molecule has 1 N–H and O–H groups in total. The summed E-state index contributed by atoms with van der Waals surface area (Å²) >= 11 is 0. The molecule has 7 nitrogen and oxygen atoms in total. The van der Waals surface area contributed by atoms with Crippen LogP contribution in [0.15, 0.2) is 61.3 Å². The number of piperazine rings is 1. The van der Waals surface area contributed by atoms with E-state index < -0.39 is 0 Å². The molecule has 1 aromatic carbocycles. The first kappa shape index (κ1) is 17.6. The summed E-state index contributed by atoms with van der Waals surface area (Å²) in [6.45, 7) is 4.06. The lowest BCUT2D eigenvalue weighted by Gasteiger charge is -2.34. The Labute approximate surface area is 168 Å². The van der Waals surface area contributed by atoms with Gasteiger partial charge in [0.2, 0.25) is 0 Å². The van der Waals surface area contributed by atoms with Crippen molar-refractivity contribution in [3.8, 4) is 0 Å². The number of carbonyl (C=O) groups is 1. The second-order valence-electron chi connectivity index (χ2n) is 7.41. The largest absolute Gasteiger partial charge is 0.368 e. The predicted octanol–water partition coefficient (Wildman–Crippen LogP) is 2.89. The Kier molecular flexibility index (Phi) is 4.37. The van der Waals surface area contributed by atoms with Crippen molar-refractivity contribution in [2.45, 2.75) is 0 Å². The van der Waals surface area contributed by atoms with E-state index >= 15 is 0 Å². The molecule has 0 aliphatic carbocycles. The average Bonchev–Trinajstić information content (AvgIpc) is 3.23. The van der Waals surface area contributed by atoms with Crippen molar-refractivity contribution in [1.29, 1.82) is 0 Å². The number of likely N-dealkylation sites (N-methyl/N-ethyl adjacent to an activating group) is 1. The average molecular weight is 386 g/mol. The fraction of sp³-hybridized carbons (Fsp3) is 0.227. The van der Waals surface area contributed by atoms with E-state index in [9.17, 15) is 4.79 Å². The molecule has 5 rings (SSSR count). The van der Waals surface area contributed by atoms with E-state index in [1.807, 2.05) is 41.1 Å². The third-order valence-corrected chi connectivity index (χ3v) is 5.54. The number of nitrogens with one attached hydrogen (secondary N) is 1. The lowest BCUT2D eigenvalue weighted by atomic mass is 10.1. The number of fused-ring (bicyclic) bond motifs is 2. The molecular weight excluding hydrogens is 364 g/mol. The van der Waals surface area contributed by atoms with Gasteiger partial charge in [-0.1, -0.05) is 0 Å². The van der Waals surface area contributed by atoms with Gasteiger partial charge in [0.1, 0.15) is 5.69 Å². The predicted molar refractivity (Wildman–Crippen MR) is 115 cm³/mol. The minimum atomic E-state index is -0.230. The summed E-state index contributed by atoms with van der Waals surface area (Å²) in [5, 5.41) is 5.04. The van der Waals surface area contributed by atoms with Crippen LogP contribution in [-0.2, 0) is 0 Å². The summed E-state index contributed by atoms with van der Waals surface area (Å²) in [6, 6.07) is 11.7. The Balaban J connectivity index is 1.47. The molecule has 1 aliphatic rings. The van der Waals surface area contributed by atoms with E-state index in [2.05, 4.69) is 38.2 Å². The molecule has 3 aromatic heterocycles. The number of hydrogen-bond acceptors (Lipinski definition) is 5. The Bertz CT molecular complexity index is 1190. The fourth-order valence-corrected chi connectivity index (χ4v) is 3.85. The van der Waals surface area contributed by atoms with Gasteiger partial charge in [-0.25, -0.2) is 4.98 Å². The third-order valence-electron chi connectivity index (χ3n) is 5.54. The van der Waals surface area contributed by atoms with Gasteiger partial charge in [-0.3, -0.25) is 9.78 Å². The van der Waals surface area contributed by atoms with Gasteiger partial charge in [0.25, 0.3) is 5.91 Å². The van der Waals surface area contributed by atoms with Gasteiger partial charge in [-0.2, -0.15) is 0 Å². The zero-order valence-electron chi connectivity index (χ0n) is 16.2. The molecule has 4 aromatic rings. The number of rotatable bonds is 3. The maximum Gasteiger partial charge on any atom is 0.274 e. The van der Waals surface area contributed by atoms with Gasteiger partial charge >= 0.3 is 0 Å². The standard InChI is InChI=1S/C22H22N6O/c1-26-9-11-27(12-10-26)21-5-4-19(18-14-23-7-6-17(18)21)25-22(29)20-13-16-3-2-8-28(16)15-24-20/h2-8,13-15H,9-12H2,1H3,(H,25,29). The molecule has 0 bridgehead atoms. The quantitative estimate of drug-likeness (QED) is 0.587. The second kappa shape index (κ2) is 7.18. The number of pyridine rings is 1. The smallest absolute Gasteiger partial charge is 0.274 e. The normalized spacial score (nSPS) is 15.1. The molecule has 1 fully saturated rings. The molecule has 146 valence electrons. The summed E-state index contributed by atoms with van der Waals surface area (Å²) in [4.78, 5) is 26.1. The molecule has 29 heavy (non-hydrogen) atoms. The van der Waals surface area contributed by atoms with E-state index in [0.29, 0.717) is 5.69 Å². The molecule has 0 saturated carbocycles. The van der Waals surface area contributed by atoms with Gasteiger partial charge in [-0.05, 0) is 43.4 Å². The summed E-state index contributed by atoms with van der Waals surface area (Å²) < 4.78 is 1.88. The minimum Gasteiger partial charge on any atom is -0.368 e. The SMILES string of the molecule is CN1CCN(c2ccc(NC(=O)c3cc4cccn4cn3)c3cnccc23)CC1. The van der Waals surface area contributed by atoms with E-state index in [0.717, 1.165) is 48.2 Å². The Morgan fingerprint density at radius 1 is 1.07 bits per heavy atom. The first-order valence-corrected chi connectivity index (χ1v) is 9.73. The molecule has 0 atom stereocenters. The molecule has 1 amide bonds. The van der Waals surface area contributed by atoms with Crippen LogP contribution in [0.25, 0.3) is 16.3 Å². The van der Waals surface area contributed by atoms with Crippen molar-refractivity contribution < 1.29 is 4.79 Å². The van der Waals surface area contributed by atoms with E-state index in [1.165, 1.54) is 5.69 Å². The van der Waals surface area contributed by atoms with Crippen LogP contribution in [0.3, 0.4) is 0 Å².